The fourth-order valence-corrected chi connectivity index (χ4v) is 2.45. The summed E-state index contributed by atoms with van der Waals surface area (Å²) in [5, 5.41) is 0.940. The number of esters is 1. The molecule has 0 aliphatic rings. The number of ether oxygens (including phenoxy) is 2. The Kier molecular flexibility index (Phi) is 5.16. The van der Waals surface area contributed by atoms with Gasteiger partial charge in [0.25, 0.3) is 0 Å². The second-order valence-electron chi connectivity index (χ2n) is 5.70. The van der Waals surface area contributed by atoms with Crippen LogP contribution in [0.4, 0.5) is 0 Å². The molecule has 0 aliphatic carbocycles. The van der Waals surface area contributed by atoms with E-state index in [9.17, 15) is 4.79 Å². The predicted octanol–water partition coefficient (Wildman–Crippen LogP) is 4.70. The van der Waals surface area contributed by atoms with E-state index < -0.39 is 0 Å². The molecule has 0 fully saturated rings. The monoisotopic (exact) mass is 323 g/mol. The van der Waals surface area contributed by atoms with Crippen molar-refractivity contribution in [3.8, 4) is 5.75 Å². The fourth-order valence-electron chi connectivity index (χ4n) is 2.45. The van der Waals surface area contributed by atoms with Crippen molar-refractivity contribution in [2.75, 3.05) is 6.61 Å². The van der Waals surface area contributed by atoms with Crippen LogP contribution < -0.4 is 4.74 Å². The number of aromatic nitrogens is 1. The second-order valence-corrected chi connectivity index (χ2v) is 5.70. The summed E-state index contributed by atoms with van der Waals surface area (Å²) in [6.07, 6.45) is 2.13. The van der Waals surface area contributed by atoms with Crippen molar-refractivity contribution < 1.29 is 14.3 Å². The van der Waals surface area contributed by atoms with E-state index in [1.54, 1.807) is 6.07 Å². The first-order chi connectivity index (χ1) is 11.8. The molecule has 0 saturated heterocycles. The van der Waals surface area contributed by atoms with Gasteiger partial charge in [0.05, 0.1) is 6.61 Å². The first-order valence-corrected chi connectivity index (χ1v) is 8.23. The molecule has 4 nitrogen and oxygen atoms in total. The lowest BCUT2D eigenvalue weighted by atomic mass is 10.2. The highest BCUT2D eigenvalue weighted by Crippen LogP contribution is 2.22. The zero-order valence-electron chi connectivity index (χ0n) is 13.7. The predicted molar refractivity (Wildman–Crippen MR) is 94.3 cm³/mol. The quantitative estimate of drug-likeness (QED) is 0.506. The third-order valence-corrected chi connectivity index (χ3v) is 3.79. The van der Waals surface area contributed by atoms with E-state index in [1.165, 1.54) is 0 Å². The van der Waals surface area contributed by atoms with Gasteiger partial charge in [0, 0.05) is 10.9 Å². The zero-order valence-corrected chi connectivity index (χ0v) is 13.7. The second kappa shape index (κ2) is 7.68. The van der Waals surface area contributed by atoms with E-state index in [0.717, 1.165) is 35.1 Å². The van der Waals surface area contributed by atoms with E-state index in [0.29, 0.717) is 12.3 Å². The van der Waals surface area contributed by atoms with Crippen molar-refractivity contribution >= 4 is 16.9 Å². The van der Waals surface area contributed by atoms with Crippen LogP contribution in [0.2, 0.25) is 0 Å². The van der Waals surface area contributed by atoms with Crippen LogP contribution in [-0.2, 0) is 11.3 Å². The number of fused-ring (bicyclic) bond motifs is 1. The summed E-state index contributed by atoms with van der Waals surface area (Å²) >= 11 is 0. The standard InChI is InChI=1S/C20H21NO3/c1-2-3-11-23-17-9-10-18-16(12-17)13-19(21-18)20(22)24-14-15-7-5-4-6-8-15/h4-10,12-13,21H,2-3,11,14H2,1H3. The maximum Gasteiger partial charge on any atom is 0.355 e. The first-order valence-electron chi connectivity index (χ1n) is 8.23. The van der Waals surface area contributed by atoms with E-state index in [4.69, 9.17) is 9.47 Å². The molecule has 0 radical (unpaired) electrons. The molecule has 0 spiro atoms. The number of rotatable bonds is 7. The Labute approximate surface area is 141 Å². The molecule has 2 aromatic carbocycles. The number of hydrogen-bond donors (Lipinski definition) is 1. The Balaban J connectivity index is 1.67. The highest BCUT2D eigenvalue weighted by atomic mass is 16.5. The van der Waals surface area contributed by atoms with Gasteiger partial charge in [0.2, 0.25) is 0 Å². The van der Waals surface area contributed by atoms with Crippen LogP contribution in [0.25, 0.3) is 10.9 Å². The lowest BCUT2D eigenvalue weighted by Crippen LogP contribution is -2.05. The van der Waals surface area contributed by atoms with Crippen molar-refractivity contribution in [1.29, 1.82) is 0 Å². The van der Waals surface area contributed by atoms with Crippen LogP contribution in [0.15, 0.2) is 54.6 Å². The summed E-state index contributed by atoms with van der Waals surface area (Å²) < 4.78 is 11.1. The molecule has 3 aromatic rings. The molecular weight excluding hydrogens is 302 g/mol. The highest BCUT2D eigenvalue weighted by molar-refractivity contribution is 5.95. The lowest BCUT2D eigenvalue weighted by Gasteiger charge is -2.04. The SMILES string of the molecule is CCCCOc1ccc2[nH]c(C(=O)OCc3ccccc3)cc2c1. The van der Waals surface area contributed by atoms with Gasteiger partial charge in [-0.2, -0.15) is 0 Å². The number of hydrogen-bond acceptors (Lipinski definition) is 3. The van der Waals surface area contributed by atoms with Crippen LogP contribution in [0, 0.1) is 0 Å². The highest BCUT2D eigenvalue weighted by Gasteiger charge is 2.11. The number of unbranched alkanes of at least 4 members (excludes halogenated alkanes) is 1. The van der Waals surface area contributed by atoms with Crippen molar-refractivity contribution in [2.45, 2.75) is 26.4 Å². The third kappa shape index (κ3) is 3.96. The van der Waals surface area contributed by atoms with E-state index >= 15 is 0 Å². The summed E-state index contributed by atoms with van der Waals surface area (Å²) in [6.45, 7) is 3.10. The molecule has 0 bridgehead atoms. The number of carbonyl (C=O) groups excluding carboxylic acids is 1. The van der Waals surface area contributed by atoms with E-state index in [2.05, 4.69) is 11.9 Å². The molecule has 1 heterocycles. The van der Waals surface area contributed by atoms with Crippen LogP contribution in [0.1, 0.15) is 35.8 Å². The van der Waals surface area contributed by atoms with Crippen LogP contribution >= 0.6 is 0 Å². The largest absolute Gasteiger partial charge is 0.494 e. The minimum Gasteiger partial charge on any atom is -0.494 e. The topological polar surface area (TPSA) is 51.3 Å². The Morgan fingerprint density at radius 2 is 1.92 bits per heavy atom. The maximum atomic E-state index is 12.2. The molecule has 1 N–H and O–H groups in total. The van der Waals surface area contributed by atoms with Gasteiger partial charge in [-0.15, -0.1) is 0 Å². The molecule has 4 heteroatoms. The minimum atomic E-state index is -0.358. The smallest absolute Gasteiger partial charge is 0.355 e. The molecule has 0 amide bonds. The molecule has 0 saturated carbocycles. The number of benzene rings is 2. The Bertz CT molecular complexity index is 808. The Morgan fingerprint density at radius 1 is 1.08 bits per heavy atom. The molecule has 1 aromatic heterocycles. The molecular formula is C20H21NO3. The number of carbonyl (C=O) groups is 1. The molecule has 24 heavy (non-hydrogen) atoms. The molecule has 124 valence electrons. The van der Waals surface area contributed by atoms with Gasteiger partial charge in [0.1, 0.15) is 18.1 Å². The van der Waals surface area contributed by atoms with Crippen LogP contribution in [-0.4, -0.2) is 17.6 Å². The van der Waals surface area contributed by atoms with Crippen LogP contribution in [0.5, 0.6) is 5.75 Å². The Morgan fingerprint density at radius 3 is 2.71 bits per heavy atom. The van der Waals surface area contributed by atoms with Gasteiger partial charge < -0.3 is 14.5 Å². The van der Waals surface area contributed by atoms with Crippen molar-refractivity contribution in [2.24, 2.45) is 0 Å². The van der Waals surface area contributed by atoms with Gasteiger partial charge in [-0.25, -0.2) is 4.79 Å². The van der Waals surface area contributed by atoms with E-state index in [-0.39, 0.29) is 12.6 Å². The maximum absolute atomic E-state index is 12.2. The van der Waals surface area contributed by atoms with E-state index in [1.807, 2.05) is 48.5 Å². The Hall–Kier alpha value is -2.75. The van der Waals surface area contributed by atoms with Gasteiger partial charge in [-0.3, -0.25) is 0 Å². The van der Waals surface area contributed by atoms with Crippen molar-refractivity contribution in [1.82, 2.24) is 4.98 Å². The summed E-state index contributed by atoms with van der Waals surface area (Å²) in [5.74, 6) is 0.461. The number of nitrogens with one attached hydrogen (secondary N) is 1. The third-order valence-electron chi connectivity index (χ3n) is 3.79. The average Bonchev–Trinajstić information content (AvgIpc) is 3.04. The fraction of sp³-hybridized carbons (Fsp3) is 0.250. The molecule has 3 rings (SSSR count). The molecule has 0 aliphatic heterocycles. The summed E-state index contributed by atoms with van der Waals surface area (Å²) in [5.41, 5.74) is 2.31. The molecule has 0 atom stereocenters. The van der Waals surface area contributed by atoms with Crippen molar-refractivity contribution in [3.05, 3.63) is 65.9 Å². The zero-order chi connectivity index (χ0) is 16.8. The minimum absolute atomic E-state index is 0.264. The lowest BCUT2D eigenvalue weighted by molar-refractivity contribution is 0.0467. The first kappa shape index (κ1) is 16.1. The number of aromatic amines is 1. The summed E-state index contributed by atoms with van der Waals surface area (Å²) in [4.78, 5) is 15.3. The van der Waals surface area contributed by atoms with Gasteiger partial charge >= 0.3 is 5.97 Å². The van der Waals surface area contributed by atoms with Gasteiger partial charge in [-0.1, -0.05) is 43.7 Å². The van der Waals surface area contributed by atoms with Crippen molar-refractivity contribution in [3.63, 3.8) is 0 Å². The number of H-pyrrole nitrogens is 1. The molecule has 0 unspecified atom stereocenters. The van der Waals surface area contributed by atoms with Crippen LogP contribution in [0.3, 0.4) is 0 Å². The normalized spacial score (nSPS) is 10.7. The van der Waals surface area contributed by atoms with Gasteiger partial charge in [0.15, 0.2) is 0 Å². The summed E-state index contributed by atoms with van der Waals surface area (Å²) in [7, 11) is 0. The average molecular weight is 323 g/mol. The summed E-state index contributed by atoms with van der Waals surface area (Å²) in [6, 6.07) is 17.2. The van der Waals surface area contributed by atoms with Gasteiger partial charge in [-0.05, 0) is 36.2 Å².